The van der Waals surface area contributed by atoms with E-state index in [0.29, 0.717) is 29.9 Å². The molecular formula is C35H31F2N5O4. The molecule has 9 nitrogen and oxygen atoms in total. The molecule has 2 N–H and O–H groups in total. The zero-order valence-corrected chi connectivity index (χ0v) is 24.7. The second kappa shape index (κ2) is 15.0. The molecule has 0 saturated heterocycles. The highest BCUT2D eigenvalue weighted by molar-refractivity contribution is 6.01. The molecule has 0 unspecified atom stereocenters. The van der Waals surface area contributed by atoms with Crippen LogP contribution in [0.4, 0.5) is 14.5 Å². The Morgan fingerprint density at radius 2 is 1.83 bits per heavy atom. The van der Waals surface area contributed by atoms with Crippen molar-refractivity contribution in [3.8, 4) is 5.75 Å². The number of carbonyl (C=O) groups excluding carboxylic acids is 1. The molecule has 0 aromatic heterocycles. The second-order valence-electron chi connectivity index (χ2n) is 10.5. The van der Waals surface area contributed by atoms with Gasteiger partial charge in [-0.1, -0.05) is 71.9 Å². The van der Waals surface area contributed by atoms with Gasteiger partial charge in [0.2, 0.25) is 5.90 Å². The fraction of sp³-hybridized carbons (Fsp3) is 0.200. The van der Waals surface area contributed by atoms with Gasteiger partial charge in [-0.2, -0.15) is 0 Å². The van der Waals surface area contributed by atoms with Crippen molar-refractivity contribution in [1.29, 1.82) is 0 Å². The molecule has 4 aromatic carbocycles. The summed E-state index contributed by atoms with van der Waals surface area (Å²) >= 11 is 0. The number of hydrogen-bond acceptors (Lipinski definition) is 6. The van der Waals surface area contributed by atoms with E-state index in [1.165, 1.54) is 0 Å². The molecule has 0 fully saturated rings. The van der Waals surface area contributed by atoms with Crippen LogP contribution in [-0.4, -0.2) is 35.7 Å². The summed E-state index contributed by atoms with van der Waals surface area (Å²) in [6.07, 6.45) is 3.11. The van der Waals surface area contributed by atoms with Crippen molar-refractivity contribution in [3.63, 3.8) is 0 Å². The summed E-state index contributed by atoms with van der Waals surface area (Å²) in [7, 11) is 0. The molecule has 0 bridgehead atoms. The maximum atomic E-state index is 14.5. The van der Waals surface area contributed by atoms with Crippen LogP contribution in [0.3, 0.4) is 0 Å². The lowest BCUT2D eigenvalue weighted by Gasteiger charge is -2.30. The minimum absolute atomic E-state index is 0.0101. The third-order valence-electron chi connectivity index (χ3n) is 7.39. The van der Waals surface area contributed by atoms with Crippen LogP contribution >= 0.6 is 0 Å². The number of azide groups is 1. The predicted octanol–water partition coefficient (Wildman–Crippen LogP) is 7.34. The Labute approximate surface area is 264 Å². The molecule has 234 valence electrons. The predicted molar refractivity (Wildman–Crippen MR) is 170 cm³/mol. The van der Waals surface area contributed by atoms with Gasteiger partial charge >= 0.3 is 0 Å². The van der Waals surface area contributed by atoms with E-state index in [1.807, 2.05) is 36.4 Å². The van der Waals surface area contributed by atoms with Crippen LogP contribution in [0.2, 0.25) is 0 Å². The minimum atomic E-state index is -1.65. The van der Waals surface area contributed by atoms with E-state index in [9.17, 15) is 19.1 Å². The first-order valence-electron chi connectivity index (χ1n) is 14.6. The average molecular weight is 624 g/mol. The number of aliphatic hydroxyl groups excluding tert-OH is 1. The molecule has 11 heteroatoms. The molecule has 0 radical (unpaired) electrons. The summed E-state index contributed by atoms with van der Waals surface area (Å²) in [4.78, 5) is 22.2. The lowest BCUT2D eigenvalue weighted by Crippen LogP contribution is -2.47. The molecule has 0 spiro atoms. The largest absolute Gasteiger partial charge is 0.494 e. The lowest BCUT2D eigenvalue weighted by atomic mass is 9.83. The van der Waals surface area contributed by atoms with Crippen molar-refractivity contribution in [2.24, 2.45) is 10.1 Å². The van der Waals surface area contributed by atoms with Crippen LogP contribution in [0, 0.1) is 11.6 Å². The van der Waals surface area contributed by atoms with Gasteiger partial charge in [-0.25, -0.2) is 13.8 Å². The van der Waals surface area contributed by atoms with Gasteiger partial charge in [0.25, 0.3) is 5.91 Å². The van der Waals surface area contributed by atoms with Crippen LogP contribution < -0.4 is 10.1 Å². The highest BCUT2D eigenvalue weighted by Gasteiger charge is 2.53. The number of carbonyl (C=O) groups is 1. The number of nitrogens with one attached hydrogen (secondary N) is 1. The Balaban J connectivity index is 1.58. The normalized spacial score (nSPS) is 17.2. The van der Waals surface area contributed by atoms with Crippen molar-refractivity contribution in [3.05, 3.63) is 147 Å². The first-order chi connectivity index (χ1) is 22.4. The highest BCUT2D eigenvalue weighted by Crippen LogP contribution is 2.45. The van der Waals surface area contributed by atoms with Crippen molar-refractivity contribution >= 4 is 23.6 Å². The molecule has 5 rings (SSSR count). The van der Waals surface area contributed by atoms with Crippen molar-refractivity contribution in [1.82, 2.24) is 5.32 Å². The third-order valence-corrected chi connectivity index (χ3v) is 7.39. The molecule has 46 heavy (non-hydrogen) atoms. The zero-order valence-electron chi connectivity index (χ0n) is 24.7. The van der Waals surface area contributed by atoms with Crippen molar-refractivity contribution in [2.45, 2.75) is 31.0 Å². The number of aliphatic hydroxyl groups is 1. The van der Waals surface area contributed by atoms with Gasteiger partial charge in [-0.3, -0.25) is 4.79 Å². The van der Waals surface area contributed by atoms with Gasteiger partial charge in [0, 0.05) is 53.3 Å². The number of nitrogens with zero attached hydrogens (tertiary/aromatic N) is 4. The fourth-order valence-corrected chi connectivity index (χ4v) is 5.09. The van der Waals surface area contributed by atoms with E-state index in [1.54, 1.807) is 54.6 Å². The standard InChI is InChI=1S/C35H31F2N5O4/c36-27-15-18-30(37)26(22-27)23-39-34(44)35(19-6-10-24-8-2-1-3-9-24)32(29-11-4-5-12-31(29)41-42-38)46-33(40-35)25-13-16-28(17-14-25)45-21-7-20-43/h1-6,8-18,22,32,43H,7,19-21,23H2,(H,39,44)/b10-6+/t32-,35-/m1/s1. The molecule has 1 aliphatic heterocycles. The Kier molecular flexibility index (Phi) is 10.4. The highest BCUT2D eigenvalue weighted by atomic mass is 19.1. The monoisotopic (exact) mass is 623 g/mol. The summed E-state index contributed by atoms with van der Waals surface area (Å²) in [5, 5.41) is 15.6. The smallest absolute Gasteiger partial charge is 0.252 e. The molecule has 1 amide bonds. The Morgan fingerprint density at radius 1 is 1.07 bits per heavy atom. The average Bonchev–Trinajstić information content (AvgIpc) is 3.47. The number of aliphatic imine (C=N–C) groups is 1. The fourth-order valence-electron chi connectivity index (χ4n) is 5.09. The SMILES string of the molecule is [N-]=[N+]=Nc1ccccc1[C@H]1OC(c2ccc(OCCCO)cc2)=N[C@@]1(C/C=C/c1ccccc1)C(=O)NCc1cc(F)ccc1F. The number of hydrogen-bond donors (Lipinski definition) is 2. The number of amides is 1. The van der Waals surface area contributed by atoms with E-state index in [2.05, 4.69) is 15.3 Å². The topological polar surface area (TPSA) is 129 Å². The molecular weight excluding hydrogens is 592 g/mol. The summed E-state index contributed by atoms with van der Waals surface area (Å²) in [6.45, 7) is 0.0483. The minimum Gasteiger partial charge on any atom is -0.494 e. The first-order valence-corrected chi connectivity index (χ1v) is 14.6. The maximum Gasteiger partial charge on any atom is 0.252 e. The quantitative estimate of drug-likeness (QED) is 0.0698. The summed E-state index contributed by atoms with van der Waals surface area (Å²) in [6, 6.07) is 26.2. The van der Waals surface area contributed by atoms with Gasteiger partial charge in [0.05, 0.1) is 6.61 Å². The molecule has 1 aliphatic rings. The Morgan fingerprint density at radius 3 is 2.59 bits per heavy atom. The summed E-state index contributed by atoms with van der Waals surface area (Å²) < 4.78 is 40.6. The number of rotatable bonds is 13. The molecule has 0 saturated carbocycles. The Bertz CT molecular complexity index is 1780. The zero-order chi connectivity index (χ0) is 32.4. The molecule has 2 atom stereocenters. The first kappa shape index (κ1) is 31.9. The van der Waals surface area contributed by atoms with Gasteiger partial charge < -0.3 is 19.9 Å². The van der Waals surface area contributed by atoms with Crippen LogP contribution in [0.5, 0.6) is 5.75 Å². The second-order valence-corrected chi connectivity index (χ2v) is 10.5. The van der Waals surface area contributed by atoms with Gasteiger partial charge in [0.1, 0.15) is 17.4 Å². The van der Waals surface area contributed by atoms with E-state index >= 15 is 0 Å². The molecule has 4 aromatic rings. The maximum absolute atomic E-state index is 14.5. The number of ether oxygens (including phenoxy) is 2. The lowest BCUT2D eigenvalue weighted by molar-refractivity contribution is -0.129. The number of halogens is 2. The van der Waals surface area contributed by atoms with Crippen molar-refractivity contribution in [2.75, 3.05) is 13.2 Å². The number of benzene rings is 4. The summed E-state index contributed by atoms with van der Waals surface area (Å²) in [5.74, 6) is -1.18. The van der Waals surface area contributed by atoms with E-state index in [4.69, 9.17) is 19.6 Å². The van der Waals surface area contributed by atoms with E-state index < -0.39 is 29.2 Å². The molecule has 1 heterocycles. The van der Waals surface area contributed by atoms with Crippen LogP contribution in [0.1, 0.15) is 41.2 Å². The van der Waals surface area contributed by atoms with Crippen LogP contribution in [0.15, 0.2) is 113 Å². The third kappa shape index (κ3) is 7.40. The van der Waals surface area contributed by atoms with Gasteiger partial charge in [0.15, 0.2) is 11.6 Å². The van der Waals surface area contributed by atoms with Crippen molar-refractivity contribution < 1.29 is 28.2 Å². The van der Waals surface area contributed by atoms with Gasteiger partial charge in [-0.05, 0) is 53.6 Å². The van der Waals surface area contributed by atoms with E-state index in [-0.39, 0.29) is 36.7 Å². The van der Waals surface area contributed by atoms with Crippen LogP contribution in [0.25, 0.3) is 16.5 Å². The molecule has 0 aliphatic carbocycles. The van der Waals surface area contributed by atoms with Gasteiger partial charge in [-0.15, -0.1) is 0 Å². The van der Waals surface area contributed by atoms with Crippen LogP contribution in [-0.2, 0) is 16.1 Å². The van der Waals surface area contributed by atoms with E-state index in [0.717, 1.165) is 23.8 Å². The summed E-state index contributed by atoms with van der Waals surface area (Å²) in [5.41, 5.74) is 9.73. The Hall–Kier alpha value is -5.51.